The van der Waals surface area contributed by atoms with Crippen molar-refractivity contribution in [3.63, 3.8) is 0 Å². The number of Topliss-reactive ketones (excluding diaryl/α,β-unsaturated/α-hetero) is 1. The lowest BCUT2D eigenvalue weighted by Gasteiger charge is -2.26. The second-order valence-electron chi connectivity index (χ2n) is 5.68. The van der Waals surface area contributed by atoms with E-state index in [9.17, 15) is 9.59 Å². The molecule has 4 nitrogen and oxygen atoms in total. The van der Waals surface area contributed by atoms with Crippen molar-refractivity contribution in [1.29, 1.82) is 0 Å². The molecule has 1 aliphatic rings. The largest absolute Gasteiger partial charge is 0.493 e. The van der Waals surface area contributed by atoms with Crippen LogP contribution in [0.5, 0.6) is 5.75 Å². The Morgan fingerprint density at radius 1 is 1.09 bits per heavy atom. The maximum absolute atomic E-state index is 12.4. The Balaban J connectivity index is 1.72. The Kier molecular flexibility index (Phi) is 4.42. The molecule has 23 heavy (non-hydrogen) atoms. The summed E-state index contributed by atoms with van der Waals surface area (Å²) in [5, 5.41) is 2.96. The van der Waals surface area contributed by atoms with Crippen LogP contribution in [0.1, 0.15) is 45.5 Å². The Morgan fingerprint density at radius 3 is 2.57 bits per heavy atom. The summed E-state index contributed by atoms with van der Waals surface area (Å²) in [7, 11) is 0. The lowest BCUT2D eigenvalue weighted by molar-refractivity contribution is 0.0934. The first-order valence-corrected chi connectivity index (χ1v) is 7.76. The number of rotatable bonds is 4. The summed E-state index contributed by atoms with van der Waals surface area (Å²) in [5.74, 6) is 0.808. The van der Waals surface area contributed by atoms with Gasteiger partial charge in [-0.1, -0.05) is 36.4 Å². The molecule has 1 aliphatic heterocycles. The van der Waals surface area contributed by atoms with Crippen LogP contribution < -0.4 is 10.1 Å². The number of hydrogen-bond acceptors (Lipinski definition) is 3. The molecule has 1 N–H and O–H groups in total. The SMILES string of the molecule is CC(=O)c1ccccc1C(=O)NCC1CCOc2ccccc21. The van der Waals surface area contributed by atoms with Crippen molar-refractivity contribution < 1.29 is 14.3 Å². The minimum atomic E-state index is -0.209. The maximum atomic E-state index is 12.4. The molecule has 1 heterocycles. The highest BCUT2D eigenvalue weighted by molar-refractivity contribution is 6.07. The van der Waals surface area contributed by atoms with Gasteiger partial charge in [0.2, 0.25) is 0 Å². The van der Waals surface area contributed by atoms with E-state index in [1.807, 2.05) is 24.3 Å². The van der Waals surface area contributed by atoms with Crippen LogP contribution in [0.3, 0.4) is 0 Å². The standard InChI is InChI=1S/C19H19NO3/c1-13(21)15-6-2-3-8-17(15)19(22)20-12-14-10-11-23-18-9-5-4-7-16(14)18/h2-9,14H,10-12H2,1H3,(H,20,22). The third kappa shape index (κ3) is 3.26. The molecule has 0 aliphatic carbocycles. The fraction of sp³-hybridized carbons (Fsp3) is 0.263. The topological polar surface area (TPSA) is 55.4 Å². The fourth-order valence-electron chi connectivity index (χ4n) is 2.93. The highest BCUT2D eigenvalue weighted by Gasteiger charge is 2.22. The third-order valence-electron chi connectivity index (χ3n) is 4.14. The van der Waals surface area contributed by atoms with Crippen LogP contribution in [0.25, 0.3) is 0 Å². The van der Waals surface area contributed by atoms with Crippen LogP contribution in [-0.2, 0) is 0 Å². The molecule has 2 aromatic carbocycles. The minimum absolute atomic E-state index is 0.104. The van der Waals surface area contributed by atoms with Crippen LogP contribution in [0.15, 0.2) is 48.5 Å². The van der Waals surface area contributed by atoms with E-state index in [-0.39, 0.29) is 17.6 Å². The molecule has 1 amide bonds. The van der Waals surface area contributed by atoms with Crippen molar-refractivity contribution in [3.8, 4) is 5.75 Å². The Bertz CT molecular complexity index is 739. The molecule has 3 rings (SSSR count). The van der Waals surface area contributed by atoms with Crippen molar-refractivity contribution in [3.05, 3.63) is 65.2 Å². The molecule has 0 fully saturated rings. The first kappa shape index (κ1) is 15.3. The van der Waals surface area contributed by atoms with E-state index in [2.05, 4.69) is 5.32 Å². The zero-order valence-corrected chi connectivity index (χ0v) is 13.0. The van der Waals surface area contributed by atoms with Gasteiger partial charge < -0.3 is 10.1 Å². The molecular formula is C19H19NO3. The van der Waals surface area contributed by atoms with E-state index >= 15 is 0 Å². The van der Waals surface area contributed by atoms with Crippen LogP contribution in [-0.4, -0.2) is 24.8 Å². The summed E-state index contributed by atoms with van der Waals surface area (Å²) in [6, 6.07) is 14.8. The van der Waals surface area contributed by atoms with E-state index in [1.165, 1.54) is 6.92 Å². The van der Waals surface area contributed by atoms with Gasteiger partial charge in [-0.2, -0.15) is 0 Å². The Morgan fingerprint density at radius 2 is 1.78 bits per heavy atom. The van der Waals surface area contributed by atoms with E-state index < -0.39 is 0 Å². The van der Waals surface area contributed by atoms with Gasteiger partial charge in [-0.3, -0.25) is 9.59 Å². The normalized spacial score (nSPS) is 16.1. The predicted octanol–water partition coefficient (Wildman–Crippen LogP) is 3.19. The minimum Gasteiger partial charge on any atom is -0.493 e. The van der Waals surface area contributed by atoms with Gasteiger partial charge in [0.15, 0.2) is 5.78 Å². The first-order valence-electron chi connectivity index (χ1n) is 7.76. The summed E-state index contributed by atoms with van der Waals surface area (Å²) < 4.78 is 5.64. The van der Waals surface area contributed by atoms with Crippen LogP contribution >= 0.6 is 0 Å². The molecule has 0 radical (unpaired) electrons. The first-order chi connectivity index (χ1) is 11.2. The van der Waals surface area contributed by atoms with Gasteiger partial charge >= 0.3 is 0 Å². The summed E-state index contributed by atoms with van der Waals surface area (Å²) >= 11 is 0. The van der Waals surface area contributed by atoms with Gasteiger partial charge in [0.05, 0.1) is 12.2 Å². The van der Waals surface area contributed by atoms with E-state index in [4.69, 9.17) is 4.74 Å². The lowest BCUT2D eigenvalue weighted by Crippen LogP contribution is -2.31. The second kappa shape index (κ2) is 6.65. The molecular weight excluding hydrogens is 290 g/mol. The smallest absolute Gasteiger partial charge is 0.252 e. The lowest BCUT2D eigenvalue weighted by atomic mass is 9.93. The number of ketones is 1. The summed E-state index contributed by atoms with van der Waals surface area (Å²) in [5.41, 5.74) is 2.01. The van der Waals surface area contributed by atoms with Gasteiger partial charge in [-0.15, -0.1) is 0 Å². The Labute approximate surface area is 135 Å². The number of para-hydroxylation sites is 1. The number of benzene rings is 2. The predicted molar refractivity (Wildman–Crippen MR) is 88.1 cm³/mol. The van der Waals surface area contributed by atoms with Crippen molar-refractivity contribution in [2.75, 3.05) is 13.2 Å². The van der Waals surface area contributed by atoms with Crippen molar-refractivity contribution >= 4 is 11.7 Å². The highest BCUT2D eigenvalue weighted by Crippen LogP contribution is 2.32. The summed E-state index contributed by atoms with van der Waals surface area (Å²) in [4.78, 5) is 24.1. The molecule has 118 valence electrons. The average molecular weight is 309 g/mol. The number of fused-ring (bicyclic) bond motifs is 1. The van der Waals surface area contributed by atoms with Gasteiger partial charge in [-0.25, -0.2) is 0 Å². The van der Waals surface area contributed by atoms with E-state index in [0.717, 1.165) is 17.7 Å². The van der Waals surface area contributed by atoms with Gasteiger partial charge in [0, 0.05) is 18.0 Å². The number of carbonyl (C=O) groups is 2. The molecule has 1 unspecified atom stereocenters. The van der Waals surface area contributed by atoms with Gasteiger partial charge in [-0.05, 0) is 31.0 Å². The van der Waals surface area contributed by atoms with Crippen LogP contribution in [0.4, 0.5) is 0 Å². The Hall–Kier alpha value is -2.62. The molecule has 1 atom stereocenters. The highest BCUT2D eigenvalue weighted by atomic mass is 16.5. The van der Waals surface area contributed by atoms with Gasteiger partial charge in [0.25, 0.3) is 5.91 Å². The molecule has 0 aromatic heterocycles. The molecule has 0 saturated carbocycles. The van der Waals surface area contributed by atoms with E-state index in [1.54, 1.807) is 24.3 Å². The fourth-order valence-corrected chi connectivity index (χ4v) is 2.93. The van der Waals surface area contributed by atoms with Crippen molar-refractivity contribution in [1.82, 2.24) is 5.32 Å². The quantitative estimate of drug-likeness (QED) is 0.883. The summed E-state index contributed by atoms with van der Waals surface area (Å²) in [6.45, 7) is 2.66. The van der Waals surface area contributed by atoms with Crippen molar-refractivity contribution in [2.45, 2.75) is 19.3 Å². The average Bonchev–Trinajstić information content (AvgIpc) is 2.59. The zero-order valence-electron chi connectivity index (χ0n) is 13.0. The number of nitrogens with one attached hydrogen (secondary N) is 1. The number of ether oxygens (including phenoxy) is 1. The van der Waals surface area contributed by atoms with Crippen LogP contribution in [0, 0.1) is 0 Å². The molecule has 0 bridgehead atoms. The van der Waals surface area contributed by atoms with E-state index in [0.29, 0.717) is 24.3 Å². The maximum Gasteiger partial charge on any atom is 0.252 e. The van der Waals surface area contributed by atoms with Gasteiger partial charge in [0.1, 0.15) is 5.75 Å². The number of amides is 1. The second-order valence-corrected chi connectivity index (χ2v) is 5.68. The molecule has 2 aromatic rings. The molecule has 4 heteroatoms. The third-order valence-corrected chi connectivity index (χ3v) is 4.14. The number of hydrogen-bond donors (Lipinski definition) is 1. The van der Waals surface area contributed by atoms with Crippen molar-refractivity contribution in [2.24, 2.45) is 0 Å². The molecule has 0 saturated heterocycles. The molecule has 0 spiro atoms. The van der Waals surface area contributed by atoms with Crippen LogP contribution in [0.2, 0.25) is 0 Å². The zero-order chi connectivity index (χ0) is 16.2. The summed E-state index contributed by atoms with van der Waals surface area (Å²) in [6.07, 6.45) is 0.867. The number of carbonyl (C=O) groups excluding carboxylic acids is 2. The monoisotopic (exact) mass is 309 g/mol.